The van der Waals surface area contributed by atoms with Gasteiger partial charge in [0.05, 0.1) is 12.8 Å². The molecule has 9 heteroatoms. The van der Waals surface area contributed by atoms with Crippen LogP contribution in [0.15, 0.2) is 48.5 Å². The summed E-state index contributed by atoms with van der Waals surface area (Å²) in [5, 5.41) is 0. The molecule has 0 unspecified atom stereocenters. The number of nitrogens with zero attached hydrogens (tertiary/aromatic N) is 1. The molecule has 0 aliphatic carbocycles. The smallest absolute Gasteiger partial charge is 0.229 e. The second-order valence-electron chi connectivity index (χ2n) is 7.41. The van der Waals surface area contributed by atoms with Gasteiger partial charge in [-0.2, -0.15) is 0 Å². The van der Waals surface area contributed by atoms with Crippen molar-refractivity contribution in [3.05, 3.63) is 59.7 Å². The van der Waals surface area contributed by atoms with Gasteiger partial charge in [-0.05, 0) is 74.5 Å². The molecular formula is C21H26ClN3O4S. The van der Waals surface area contributed by atoms with Crippen molar-refractivity contribution in [2.75, 3.05) is 36.3 Å². The Labute approximate surface area is 183 Å². The molecule has 1 heterocycles. The van der Waals surface area contributed by atoms with E-state index in [-0.39, 0.29) is 36.4 Å². The number of anilines is 2. The maximum atomic E-state index is 12.6. The summed E-state index contributed by atoms with van der Waals surface area (Å²) in [6.45, 7) is 1.65. The zero-order valence-corrected chi connectivity index (χ0v) is 18.3. The lowest BCUT2D eigenvalue weighted by Gasteiger charge is -2.30. The number of sulfonamides is 1. The molecule has 0 radical (unpaired) electrons. The number of rotatable bonds is 7. The zero-order chi connectivity index (χ0) is 21.0. The molecule has 0 atom stereocenters. The van der Waals surface area contributed by atoms with Crippen LogP contribution in [0.3, 0.4) is 0 Å². The normalized spacial score (nSPS) is 15.2. The Balaban J connectivity index is 0.00000320. The summed E-state index contributed by atoms with van der Waals surface area (Å²) in [4.78, 5) is 27.2. The Hall–Kier alpha value is -2.42. The molecule has 2 aromatic carbocycles. The standard InChI is InChI=1S/C21H25N3O4S.ClH/c1-29(27,28)23-19-8-4-15(5-9-19)20(25)14-24-12-10-17(11-13-24)21(26)16-2-6-18(22)7-3-16;/h2-9,17,23H,10-14,22H2,1H3;1H. The van der Waals surface area contributed by atoms with E-state index in [1.165, 1.54) is 0 Å². The lowest BCUT2D eigenvalue weighted by molar-refractivity contribution is 0.0805. The van der Waals surface area contributed by atoms with Crippen molar-refractivity contribution >= 4 is 45.4 Å². The van der Waals surface area contributed by atoms with Crippen LogP contribution in [0.4, 0.5) is 11.4 Å². The maximum absolute atomic E-state index is 12.6. The number of benzene rings is 2. The number of hydrogen-bond acceptors (Lipinski definition) is 6. The van der Waals surface area contributed by atoms with Crippen LogP contribution in [-0.2, 0) is 10.0 Å². The first kappa shape index (κ1) is 23.9. The summed E-state index contributed by atoms with van der Waals surface area (Å²) in [6.07, 6.45) is 2.51. The van der Waals surface area contributed by atoms with Crippen LogP contribution in [0.2, 0.25) is 0 Å². The number of ketones is 2. The summed E-state index contributed by atoms with van der Waals surface area (Å²) >= 11 is 0. The quantitative estimate of drug-likeness (QED) is 0.494. The summed E-state index contributed by atoms with van der Waals surface area (Å²) in [5.41, 5.74) is 7.94. The van der Waals surface area contributed by atoms with E-state index in [0.29, 0.717) is 48.4 Å². The van der Waals surface area contributed by atoms with Crippen molar-refractivity contribution in [1.29, 1.82) is 0 Å². The summed E-state index contributed by atoms with van der Waals surface area (Å²) < 4.78 is 24.9. The van der Waals surface area contributed by atoms with Gasteiger partial charge in [0.25, 0.3) is 0 Å². The molecule has 0 aromatic heterocycles. The first-order valence-electron chi connectivity index (χ1n) is 9.44. The third kappa shape index (κ3) is 6.55. The minimum absolute atomic E-state index is 0. The molecule has 3 N–H and O–H groups in total. The fourth-order valence-electron chi connectivity index (χ4n) is 3.47. The van der Waals surface area contributed by atoms with Gasteiger partial charge in [0.1, 0.15) is 0 Å². The number of likely N-dealkylation sites (tertiary alicyclic amines) is 1. The second-order valence-corrected chi connectivity index (χ2v) is 9.16. The molecule has 7 nitrogen and oxygen atoms in total. The third-order valence-corrected chi connectivity index (χ3v) is 5.64. The molecule has 1 aliphatic heterocycles. The van der Waals surface area contributed by atoms with Gasteiger partial charge in [-0.3, -0.25) is 19.2 Å². The fourth-order valence-corrected chi connectivity index (χ4v) is 4.03. The van der Waals surface area contributed by atoms with E-state index in [0.717, 1.165) is 6.26 Å². The molecular weight excluding hydrogens is 426 g/mol. The van der Waals surface area contributed by atoms with Gasteiger partial charge in [-0.25, -0.2) is 8.42 Å². The van der Waals surface area contributed by atoms with Crippen LogP contribution >= 0.6 is 12.4 Å². The van der Waals surface area contributed by atoms with Crippen molar-refractivity contribution in [2.45, 2.75) is 12.8 Å². The first-order chi connectivity index (χ1) is 13.7. The number of hydrogen-bond donors (Lipinski definition) is 2. The first-order valence-corrected chi connectivity index (χ1v) is 11.3. The molecule has 30 heavy (non-hydrogen) atoms. The van der Waals surface area contributed by atoms with E-state index in [2.05, 4.69) is 9.62 Å². The van der Waals surface area contributed by atoms with Gasteiger partial charge in [-0.1, -0.05) is 0 Å². The highest BCUT2D eigenvalue weighted by Crippen LogP contribution is 2.23. The molecule has 0 saturated carbocycles. The summed E-state index contributed by atoms with van der Waals surface area (Å²) in [5.74, 6) is 0.0653. The van der Waals surface area contributed by atoms with Gasteiger partial charge in [0, 0.05) is 28.4 Å². The molecule has 2 aromatic rings. The minimum atomic E-state index is -3.34. The van der Waals surface area contributed by atoms with E-state index < -0.39 is 10.0 Å². The number of carbonyl (C=O) groups excluding carboxylic acids is 2. The zero-order valence-electron chi connectivity index (χ0n) is 16.7. The number of piperidine rings is 1. The van der Waals surface area contributed by atoms with Gasteiger partial charge >= 0.3 is 0 Å². The van der Waals surface area contributed by atoms with E-state index in [1.807, 2.05) is 0 Å². The number of carbonyl (C=O) groups is 2. The highest BCUT2D eigenvalue weighted by atomic mass is 35.5. The third-order valence-electron chi connectivity index (χ3n) is 5.03. The van der Waals surface area contributed by atoms with E-state index >= 15 is 0 Å². The van der Waals surface area contributed by atoms with Gasteiger partial charge in [0.2, 0.25) is 10.0 Å². The van der Waals surface area contributed by atoms with Crippen LogP contribution in [-0.4, -0.2) is 50.8 Å². The Kier molecular flexibility index (Phi) is 8.00. The Morgan fingerprint density at radius 3 is 2.07 bits per heavy atom. The van der Waals surface area contributed by atoms with Crippen LogP contribution in [0, 0.1) is 5.92 Å². The topological polar surface area (TPSA) is 110 Å². The number of halogens is 1. The van der Waals surface area contributed by atoms with Gasteiger partial charge < -0.3 is 5.73 Å². The molecule has 3 rings (SSSR count). The predicted molar refractivity (Wildman–Crippen MR) is 121 cm³/mol. The maximum Gasteiger partial charge on any atom is 0.229 e. The van der Waals surface area contributed by atoms with E-state index in [9.17, 15) is 18.0 Å². The summed E-state index contributed by atoms with van der Waals surface area (Å²) in [6, 6.07) is 13.4. The minimum Gasteiger partial charge on any atom is -0.399 e. The van der Waals surface area contributed by atoms with Gasteiger partial charge in [0.15, 0.2) is 11.6 Å². The highest BCUT2D eigenvalue weighted by Gasteiger charge is 2.26. The fraction of sp³-hybridized carbons (Fsp3) is 0.333. The molecule has 0 amide bonds. The second kappa shape index (κ2) is 10.1. The lowest BCUT2D eigenvalue weighted by Crippen LogP contribution is -2.39. The Morgan fingerprint density at radius 1 is 1.00 bits per heavy atom. The van der Waals surface area contributed by atoms with Crippen LogP contribution < -0.4 is 10.5 Å². The Morgan fingerprint density at radius 2 is 1.53 bits per heavy atom. The number of nitrogens with one attached hydrogen (secondary N) is 1. The number of nitrogens with two attached hydrogens (primary N) is 1. The molecule has 1 saturated heterocycles. The van der Waals surface area contributed by atoms with E-state index in [1.54, 1.807) is 48.5 Å². The average Bonchev–Trinajstić information content (AvgIpc) is 2.68. The molecule has 0 spiro atoms. The highest BCUT2D eigenvalue weighted by molar-refractivity contribution is 7.92. The number of nitrogen functional groups attached to an aromatic ring is 1. The largest absolute Gasteiger partial charge is 0.399 e. The molecule has 0 bridgehead atoms. The Bertz CT molecular complexity index is 984. The van der Waals surface area contributed by atoms with Gasteiger partial charge in [-0.15, -0.1) is 12.4 Å². The molecule has 162 valence electrons. The number of Topliss-reactive ketones (excluding diaryl/α,β-unsaturated/α-hetero) is 2. The van der Waals surface area contributed by atoms with Crippen molar-refractivity contribution in [2.24, 2.45) is 5.92 Å². The van der Waals surface area contributed by atoms with Crippen molar-refractivity contribution in [3.63, 3.8) is 0 Å². The van der Waals surface area contributed by atoms with Crippen molar-refractivity contribution in [1.82, 2.24) is 4.90 Å². The van der Waals surface area contributed by atoms with Crippen LogP contribution in [0.5, 0.6) is 0 Å². The predicted octanol–water partition coefficient (Wildman–Crippen LogP) is 2.84. The van der Waals surface area contributed by atoms with Crippen molar-refractivity contribution in [3.8, 4) is 0 Å². The van der Waals surface area contributed by atoms with Crippen molar-refractivity contribution < 1.29 is 18.0 Å². The monoisotopic (exact) mass is 451 g/mol. The van der Waals surface area contributed by atoms with E-state index in [4.69, 9.17) is 5.73 Å². The average molecular weight is 452 g/mol. The van der Waals surface area contributed by atoms with Crippen LogP contribution in [0.25, 0.3) is 0 Å². The molecule has 1 aliphatic rings. The molecule has 1 fully saturated rings. The van der Waals surface area contributed by atoms with Crippen LogP contribution in [0.1, 0.15) is 33.6 Å². The summed E-state index contributed by atoms with van der Waals surface area (Å²) in [7, 11) is -3.34. The lowest BCUT2D eigenvalue weighted by atomic mass is 9.88. The SMILES string of the molecule is CS(=O)(=O)Nc1ccc(C(=O)CN2CCC(C(=O)c3ccc(N)cc3)CC2)cc1.Cl.